The van der Waals surface area contributed by atoms with Gasteiger partial charge in [-0.05, 0) is 56.2 Å². The Morgan fingerprint density at radius 3 is 2.75 bits per heavy atom. The zero-order valence-electron chi connectivity index (χ0n) is 14.2. The van der Waals surface area contributed by atoms with Crippen molar-refractivity contribution in [1.29, 1.82) is 0 Å². The van der Waals surface area contributed by atoms with Crippen molar-refractivity contribution >= 4 is 5.91 Å². The molecular formula is C19H27FN2O2. The van der Waals surface area contributed by atoms with Gasteiger partial charge in [0.05, 0.1) is 12.1 Å². The van der Waals surface area contributed by atoms with Crippen molar-refractivity contribution in [1.82, 2.24) is 10.6 Å². The molecule has 1 saturated heterocycles. The fourth-order valence-electron chi connectivity index (χ4n) is 4.08. The lowest BCUT2D eigenvalue weighted by Gasteiger charge is -2.24. The van der Waals surface area contributed by atoms with E-state index in [2.05, 4.69) is 10.6 Å². The fourth-order valence-corrected chi connectivity index (χ4v) is 4.08. The molecule has 4 nitrogen and oxygen atoms in total. The predicted octanol–water partition coefficient (Wildman–Crippen LogP) is 2.67. The molecule has 1 aliphatic carbocycles. The molecule has 1 amide bonds. The van der Waals surface area contributed by atoms with Gasteiger partial charge in [0, 0.05) is 12.1 Å². The Hall–Kier alpha value is -1.46. The van der Waals surface area contributed by atoms with Gasteiger partial charge < -0.3 is 15.7 Å². The van der Waals surface area contributed by atoms with Crippen LogP contribution in [0.15, 0.2) is 24.3 Å². The lowest BCUT2D eigenvalue weighted by molar-refractivity contribution is -0.123. The van der Waals surface area contributed by atoms with Crippen LogP contribution in [-0.2, 0) is 4.79 Å². The molecule has 5 unspecified atom stereocenters. The van der Waals surface area contributed by atoms with E-state index in [1.165, 1.54) is 37.8 Å². The summed E-state index contributed by atoms with van der Waals surface area (Å²) in [6, 6.07) is 6.09. The Morgan fingerprint density at radius 2 is 2.04 bits per heavy atom. The first-order valence-electron chi connectivity index (χ1n) is 9.03. The molecule has 1 aromatic carbocycles. The maximum absolute atomic E-state index is 12.9. The summed E-state index contributed by atoms with van der Waals surface area (Å²) in [5.74, 6) is 0.346. The first kappa shape index (κ1) is 17.4. The summed E-state index contributed by atoms with van der Waals surface area (Å²) >= 11 is 0. The summed E-state index contributed by atoms with van der Waals surface area (Å²) in [6.45, 7) is 1.90. The second kappa shape index (κ2) is 7.62. The molecule has 1 saturated carbocycles. The number of hydrogen-bond donors (Lipinski definition) is 3. The Morgan fingerprint density at radius 1 is 1.33 bits per heavy atom. The van der Waals surface area contributed by atoms with Gasteiger partial charge >= 0.3 is 0 Å². The van der Waals surface area contributed by atoms with Crippen molar-refractivity contribution in [2.45, 2.75) is 69.7 Å². The number of hydrogen-bond acceptors (Lipinski definition) is 3. The smallest absolute Gasteiger partial charge is 0.237 e. The van der Waals surface area contributed by atoms with Gasteiger partial charge in [-0.2, -0.15) is 0 Å². The van der Waals surface area contributed by atoms with Crippen LogP contribution in [0.5, 0.6) is 0 Å². The van der Waals surface area contributed by atoms with Gasteiger partial charge in [-0.15, -0.1) is 0 Å². The number of carbonyl (C=O) groups excluding carboxylic acids is 1. The summed E-state index contributed by atoms with van der Waals surface area (Å²) < 4.78 is 12.9. The number of amides is 1. The van der Waals surface area contributed by atoms with Gasteiger partial charge in [0.2, 0.25) is 5.91 Å². The molecule has 5 atom stereocenters. The maximum atomic E-state index is 12.9. The maximum Gasteiger partial charge on any atom is 0.237 e. The molecule has 0 spiro atoms. The van der Waals surface area contributed by atoms with E-state index >= 15 is 0 Å². The van der Waals surface area contributed by atoms with Crippen molar-refractivity contribution in [3.63, 3.8) is 0 Å². The summed E-state index contributed by atoms with van der Waals surface area (Å²) in [4.78, 5) is 12.5. The number of fused-ring (bicyclic) bond motifs is 1. The van der Waals surface area contributed by atoms with Gasteiger partial charge in [0.15, 0.2) is 0 Å². The number of benzene rings is 1. The lowest BCUT2D eigenvalue weighted by atomic mass is 9.85. The third kappa shape index (κ3) is 4.14. The fraction of sp³-hybridized carbons (Fsp3) is 0.632. The number of aliphatic hydroxyl groups is 1. The molecule has 5 heteroatoms. The van der Waals surface area contributed by atoms with Crippen LogP contribution in [0.4, 0.5) is 4.39 Å². The average Bonchev–Trinajstić information content (AvgIpc) is 2.99. The summed E-state index contributed by atoms with van der Waals surface area (Å²) in [5, 5.41) is 16.7. The van der Waals surface area contributed by atoms with E-state index < -0.39 is 6.10 Å². The van der Waals surface area contributed by atoms with Gasteiger partial charge in [0.25, 0.3) is 0 Å². The highest BCUT2D eigenvalue weighted by atomic mass is 19.1. The third-order valence-corrected chi connectivity index (χ3v) is 5.40. The third-order valence-electron chi connectivity index (χ3n) is 5.40. The van der Waals surface area contributed by atoms with Gasteiger partial charge in [-0.25, -0.2) is 4.39 Å². The normalized spacial score (nSPS) is 28.9. The largest absolute Gasteiger partial charge is 0.388 e. The first-order valence-corrected chi connectivity index (χ1v) is 9.03. The molecule has 3 N–H and O–H groups in total. The monoisotopic (exact) mass is 334 g/mol. The van der Waals surface area contributed by atoms with Crippen molar-refractivity contribution in [3.05, 3.63) is 35.6 Å². The van der Waals surface area contributed by atoms with E-state index in [1.54, 1.807) is 12.1 Å². The highest BCUT2D eigenvalue weighted by Gasteiger charge is 2.38. The minimum atomic E-state index is -0.708. The Kier molecular flexibility index (Phi) is 5.51. The molecule has 2 fully saturated rings. The highest BCUT2D eigenvalue weighted by Crippen LogP contribution is 2.33. The lowest BCUT2D eigenvalue weighted by Crippen LogP contribution is -2.46. The Balaban J connectivity index is 1.48. The standard InChI is InChI=1S/C19H27FN2O2/c1-12(10-18(23)13-6-8-15(20)9-7-13)21-19(24)17-11-14-4-2-3-5-16(14)22-17/h6-9,12,14,16-18,22-23H,2-5,10-11H2,1H3,(H,21,24). The minimum absolute atomic E-state index is 0.0307. The predicted molar refractivity (Wildman–Crippen MR) is 90.9 cm³/mol. The molecule has 3 rings (SSSR count). The Labute approximate surface area is 142 Å². The summed E-state index contributed by atoms with van der Waals surface area (Å²) in [5.41, 5.74) is 0.669. The first-order chi connectivity index (χ1) is 11.5. The van der Waals surface area contributed by atoms with E-state index in [1.807, 2.05) is 6.92 Å². The van der Waals surface area contributed by atoms with Crippen molar-refractivity contribution in [3.8, 4) is 0 Å². The molecule has 24 heavy (non-hydrogen) atoms. The molecule has 1 aromatic rings. The van der Waals surface area contributed by atoms with Crippen LogP contribution in [-0.4, -0.2) is 29.1 Å². The molecule has 1 aliphatic heterocycles. The van der Waals surface area contributed by atoms with Crippen LogP contribution in [0.2, 0.25) is 0 Å². The van der Waals surface area contributed by atoms with Gasteiger partial charge in [-0.3, -0.25) is 4.79 Å². The van der Waals surface area contributed by atoms with Crippen molar-refractivity contribution in [2.24, 2.45) is 5.92 Å². The van der Waals surface area contributed by atoms with Crippen LogP contribution in [0.25, 0.3) is 0 Å². The molecule has 1 heterocycles. The molecule has 2 aliphatic rings. The van der Waals surface area contributed by atoms with E-state index in [-0.39, 0.29) is 23.8 Å². The molecule has 132 valence electrons. The van der Waals surface area contributed by atoms with Crippen LogP contribution >= 0.6 is 0 Å². The number of halogens is 1. The zero-order chi connectivity index (χ0) is 17.1. The van der Waals surface area contributed by atoms with Crippen molar-refractivity contribution < 1.29 is 14.3 Å². The van der Waals surface area contributed by atoms with E-state index in [4.69, 9.17) is 0 Å². The highest BCUT2D eigenvalue weighted by molar-refractivity contribution is 5.82. The molecule has 0 radical (unpaired) electrons. The van der Waals surface area contributed by atoms with Crippen LogP contribution in [0, 0.1) is 11.7 Å². The van der Waals surface area contributed by atoms with Crippen LogP contribution in [0.1, 0.15) is 57.1 Å². The SMILES string of the molecule is CC(CC(O)c1ccc(F)cc1)NC(=O)C1CC2CCCCC2N1. The second-order valence-corrected chi connectivity index (χ2v) is 7.32. The number of rotatable bonds is 5. The van der Waals surface area contributed by atoms with Crippen molar-refractivity contribution in [2.75, 3.05) is 0 Å². The topological polar surface area (TPSA) is 61.4 Å². The van der Waals surface area contributed by atoms with E-state index in [9.17, 15) is 14.3 Å². The zero-order valence-corrected chi connectivity index (χ0v) is 14.2. The van der Waals surface area contributed by atoms with E-state index in [0.717, 1.165) is 6.42 Å². The number of nitrogens with one attached hydrogen (secondary N) is 2. The number of aliphatic hydroxyl groups excluding tert-OH is 1. The minimum Gasteiger partial charge on any atom is -0.388 e. The van der Waals surface area contributed by atoms with E-state index in [0.29, 0.717) is 23.9 Å². The quantitative estimate of drug-likeness (QED) is 0.776. The van der Waals surface area contributed by atoms with Gasteiger partial charge in [-0.1, -0.05) is 25.0 Å². The molecule has 0 bridgehead atoms. The van der Waals surface area contributed by atoms with Crippen LogP contribution < -0.4 is 10.6 Å². The van der Waals surface area contributed by atoms with Crippen LogP contribution in [0.3, 0.4) is 0 Å². The average molecular weight is 334 g/mol. The van der Waals surface area contributed by atoms with Gasteiger partial charge in [0.1, 0.15) is 5.82 Å². The number of carbonyl (C=O) groups is 1. The molecule has 0 aromatic heterocycles. The molecular weight excluding hydrogens is 307 g/mol. The summed E-state index contributed by atoms with van der Waals surface area (Å²) in [6.07, 6.45) is 5.55. The Bertz CT molecular complexity index is 549. The summed E-state index contributed by atoms with van der Waals surface area (Å²) in [7, 11) is 0. The second-order valence-electron chi connectivity index (χ2n) is 7.32.